The molecule has 110 valence electrons. The molecule has 0 bridgehead atoms. The number of nitrogens with zero attached hydrogens (tertiary/aromatic N) is 2. The zero-order chi connectivity index (χ0) is 14.6. The van der Waals surface area contributed by atoms with Crippen LogP contribution in [0, 0.1) is 10.1 Å². The summed E-state index contributed by atoms with van der Waals surface area (Å²) in [6, 6.07) is 2.83. The molecule has 0 aromatic carbocycles. The second kappa shape index (κ2) is 6.04. The monoisotopic (exact) mass is 280 g/mol. The minimum absolute atomic E-state index is 0.118. The summed E-state index contributed by atoms with van der Waals surface area (Å²) in [4.78, 5) is 14.0. The number of nitrogen functional groups attached to an aromatic ring is 1. The average molecular weight is 280 g/mol. The van der Waals surface area contributed by atoms with Gasteiger partial charge >= 0.3 is 5.69 Å². The number of nitrogens with one attached hydrogen (secondary N) is 1. The number of rotatable bonds is 4. The SMILES string of the molecule is Nc1nc(NCC2(O)CCCCCC2)ccc1[N+](=O)[O-]. The van der Waals surface area contributed by atoms with Gasteiger partial charge in [0.15, 0.2) is 0 Å². The molecule has 1 saturated carbocycles. The number of nitro groups is 1. The van der Waals surface area contributed by atoms with Gasteiger partial charge in [0.2, 0.25) is 5.82 Å². The fourth-order valence-electron chi connectivity index (χ4n) is 2.54. The van der Waals surface area contributed by atoms with Crippen molar-refractivity contribution in [2.75, 3.05) is 17.6 Å². The predicted octanol–water partition coefficient (Wildman–Crippen LogP) is 2.07. The number of aliphatic hydroxyl groups is 1. The Morgan fingerprint density at radius 2 is 2.00 bits per heavy atom. The molecule has 1 aliphatic carbocycles. The largest absolute Gasteiger partial charge is 0.388 e. The van der Waals surface area contributed by atoms with Crippen LogP contribution in [-0.2, 0) is 0 Å². The maximum absolute atomic E-state index is 10.7. The van der Waals surface area contributed by atoms with E-state index in [-0.39, 0.29) is 11.5 Å². The Morgan fingerprint density at radius 3 is 2.55 bits per heavy atom. The van der Waals surface area contributed by atoms with Gasteiger partial charge in [-0.1, -0.05) is 25.7 Å². The van der Waals surface area contributed by atoms with E-state index in [9.17, 15) is 15.2 Å². The molecule has 0 saturated heterocycles. The third-order valence-corrected chi connectivity index (χ3v) is 3.73. The molecule has 7 heteroatoms. The van der Waals surface area contributed by atoms with E-state index in [1.54, 1.807) is 0 Å². The maximum Gasteiger partial charge on any atom is 0.311 e. The first-order valence-corrected chi connectivity index (χ1v) is 6.87. The Balaban J connectivity index is 1.99. The van der Waals surface area contributed by atoms with Crippen LogP contribution >= 0.6 is 0 Å². The summed E-state index contributed by atoms with van der Waals surface area (Å²) in [7, 11) is 0. The topological polar surface area (TPSA) is 114 Å². The summed E-state index contributed by atoms with van der Waals surface area (Å²) in [5.41, 5.74) is 4.60. The average Bonchev–Trinajstić information content (AvgIpc) is 2.61. The Kier molecular flexibility index (Phi) is 4.39. The zero-order valence-electron chi connectivity index (χ0n) is 11.3. The second-order valence-corrected chi connectivity index (χ2v) is 5.35. The lowest BCUT2D eigenvalue weighted by molar-refractivity contribution is -0.384. The first kappa shape index (κ1) is 14.5. The minimum Gasteiger partial charge on any atom is -0.388 e. The molecule has 1 aliphatic rings. The molecule has 2 rings (SSSR count). The van der Waals surface area contributed by atoms with Crippen molar-refractivity contribution in [1.82, 2.24) is 4.98 Å². The molecule has 0 spiro atoms. The number of hydrogen-bond acceptors (Lipinski definition) is 6. The van der Waals surface area contributed by atoms with Gasteiger partial charge in [0, 0.05) is 12.6 Å². The fraction of sp³-hybridized carbons (Fsp3) is 0.615. The summed E-state index contributed by atoms with van der Waals surface area (Å²) in [6.07, 6.45) is 5.89. The van der Waals surface area contributed by atoms with Crippen LogP contribution in [0.2, 0.25) is 0 Å². The van der Waals surface area contributed by atoms with Crippen molar-refractivity contribution in [3.8, 4) is 0 Å². The van der Waals surface area contributed by atoms with Gasteiger partial charge in [-0.05, 0) is 18.9 Å². The van der Waals surface area contributed by atoms with Crippen molar-refractivity contribution in [1.29, 1.82) is 0 Å². The first-order valence-electron chi connectivity index (χ1n) is 6.87. The summed E-state index contributed by atoms with van der Waals surface area (Å²) in [6.45, 7) is 0.386. The molecule has 1 fully saturated rings. The molecule has 0 unspecified atom stereocenters. The van der Waals surface area contributed by atoms with Crippen LogP contribution in [0.4, 0.5) is 17.3 Å². The van der Waals surface area contributed by atoms with E-state index in [0.29, 0.717) is 12.4 Å². The Labute approximate surface area is 117 Å². The Bertz CT molecular complexity index is 485. The normalized spacial score (nSPS) is 18.2. The van der Waals surface area contributed by atoms with E-state index in [1.807, 2.05) is 0 Å². The zero-order valence-corrected chi connectivity index (χ0v) is 11.3. The van der Waals surface area contributed by atoms with Crippen molar-refractivity contribution in [2.24, 2.45) is 0 Å². The van der Waals surface area contributed by atoms with Gasteiger partial charge in [0.05, 0.1) is 10.5 Å². The summed E-state index contributed by atoms with van der Waals surface area (Å²) < 4.78 is 0. The minimum atomic E-state index is -0.727. The van der Waals surface area contributed by atoms with E-state index in [1.165, 1.54) is 12.1 Å². The van der Waals surface area contributed by atoms with Crippen molar-refractivity contribution in [3.05, 3.63) is 22.2 Å². The summed E-state index contributed by atoms with van der Waals surface area (Å²) >= 11 is 0. The van der Waals surface area contributed by atoms with E-state index < -0.39 is 10.5 Å². The van der Waals surface area contributed by atoms with Gasteiger partial charge in [0.25, 0.3) is 0 Å². The van der Waals surface area contributed by atoms with Gasteiger partial charge in [0.1, 0.15) is 5.82 Å². The highest BCUT2D eigenvalue weighted by Gasteiger charge is 2.27. The van der Waals surface area contributed by atoms with Gasteiger partial charge in [-0.25, -0.2) is 4.98 Å². The molecular weight excluding hydrogens is 260 g/mol. The molecule has 0 amide bonds. The highest BCUT2D eigenvalue weighted by molar-refractivity contribution is 5.57. The molecular formula is C13H20N4O3. The van der Waals surface area contributed by atoms with Crippen molar-refractivity contribution >= 4 is 17.3 Å². The third-order valence-electron chi connectivity index (χ3n) is 3.73. The van der Waals surface area contributed by atoms with Crippen molar-refractivity contribution in [3.63, 3.8) is 0 Å². The lowest BCUT2D eigenvalue weighted by Crippen LogP contribution is -2.36. The van der Waals surface area contributed by atoms with Crippen LogP contribution in [0.25, 0.3) is 0 Å². The van der Waals surface area contributed by atoms with Crippen LogP contribution in [0.5, 0.6) is 0 Å². The van der Waals surface area contributed by atoms with Gasteiger partial charge < -0.3 is 16.2 Å². The standard InChI is InChI=1S/C13H20N4O3/c14-12-10(17(19)20)5-6-11(16-12)15-9-13(18)7-3-1-2-4-8-13/h5-6,18H,1-4,7-9H2,(H3,14,15,16). The highest BCUT2D eigenvalue weighted by Crippen LogP contribution is 2.28. The molecule has 1 aromatic heterocycles. The van der Waals surface area contributed by atoms with E-state index >= 15 is 0 Å². The quantitative estimate of drug-likeness (QED) is 0.442. The molecule has 4 N–H and O–H groups in total. The van der Waals surface area contributed by atoms with Crippen LogP contribution < -0.4 is 11.1 Å². The van der Waals surface area contributed by atoms with Crippen LogP contribution in [0.15, 0.2) is 12.1 Å². The summed E-state index contributed by atoms with van der Waals surface area (Å²) in [5.74, 6) is 0.332. The molecule has 1 aromatic rings. The number of pyridine rings is 1. The van der Waals surface area contributed by atoms with Gasteiger partial charge in [-0.15, -0.1) is 0 Å². The number of anilines is 2. The van der Waals surface area contributed by atoms with Gasteiger partial charge in [-0.3, -0.25) is 10.1 Å². The maximum atomic E-state index is 10.7. The first-order chi connectivity index (χ1) is 9.50. The fourth-order valence-corrected chi connectivity index (χ4v) is 2.54. The molecule has 0 aliphatic heterocycles. The number of aromatic nitrogens is 1. The van der Waals surface area contributed by atoms with Crippen molar-refractivity contribution in [2.45, 2.75) is 44.1 Å². The second-order valence-electron chi connectivity index (χ2n) is 5.35. The molecule has 20 heavy (non-hydrogen) atoms. The Morgan fingerprint density at radius 1 is 1.35 bits per heavy atom. The lowest BCUT2D eigenvalue weighted by atomic mass is 9.94. The Hall–Kier alpha value is -1.89. The van der Waals surface area contributed by atoms with E-state index in [0.717, 1.165) is 38.5 Å². The molecule has 0 atom stereocenters. The predicted molar refractivity (Wildman–Crippen MR) is 76.4 cm³/mol. The summed E-state index contributed by atoms with van der Waals surface area (Å²) in [5, 5.41) is 24.2. The molecule has 1 heterocycles. The van der Waals surface area contributed by atoms with Crippen LogP contribution in [-0.4, -0.2) is 27.2 Å². The van der Waals surface area contributed by atoms with Crippen LogP contribution in [0.1, 0.15) is 38.5 Å². The number of hydrogen-bond donors (Lipinski definition) is 3. The highest BCUT2D eigenvalue weighted by atomic mass is 16.6. The molecule has 7 nitrogen and oxygen atoms in total. The third kappa shape index (κ3) is 3.57. The van der Waals surface area contributed by atoms with Gasteiger partial charge in [-0.2, -0.15) is 0 Å². The number of nitrogens with two attached hydrogens (primary N) is 1. The van der Waals surface area contributed by atoms with Crippen LogP contribution in [0.3, 0.4) is 0 Å². The lowest BCUT2D eigenvalue weighted by Gasteiger charge is -2.27. The van der Waals surface area contributed by atoms with E-state index in [4.69, 9.17) is 5.73 Å². The smallest absolute Gasteiger partial charge is 0.311 e. The molecule has 0 radical (unpaired) electrons. The van der Waals surface area contributed by atoms with E-state index in [2.05, 4.69) is 10.3 Å². The van der Waals surface area contributed by atoms with Crippen molar-refractivity contribution < 1.29 is 10.0 Å².